The molecule has 4 rings (SSSR count). The van der Waals surface area contributed by atoms with Crippen molar-refractivity contribution in [2.45, 2.75) is 25.8 Å². The number of carbonyl (C=O) groups excluding carboxylic acids is 1. The first kappa shape index (κ1) is 16.8. The Hall–Kier alpha value is -2.67. The van der Waals surface area contributed by atoms with Crippen LogP contribution >= 0.6 is 11.3 Å². The zero-order chi connectivity index (χ0) is 18.3. The monoisotopic (exact) mass is 368 g/mol. The molecule has 134 valence electrons. The Kier molecular flexibility index (Phi) is 4.24. The summed E-state index contributed by atoms with van der Waals surface area (Å²) in [6.45, 7) is -0.0399. The standard InChI is InChI=1S/C19H20N4O2S/c1-22(2)13-8-6-12(7-9-13)21-16(24)10-23-11-20-18-17(19(23)25)14-4-3-5-15(14)26-18/h6-9,11H,3-5,10H2,1-2H3,(H,21,24). The second-order valence-corrected chi connectivity index (χ2v) is 7.79. The summed E-state index contributed by atoms with van der Waals surface area (Å²) in [5, 5.41) is 3.54. The summed E-state index contributed by atoms with van der Waals surface area (Å²) in [4.78, 5) is 33.6. The van der Waals surface area contributed by atoms with Crippen molar-refractivity contribution < 1.29 is 4.79 Å². The molecule has 1 N–H and O–H groups in total. The summed E-state index contributed by atoms with van der Waals surface area (Å²) in [6.07, 6.45) is 4.53. The van der Waals surface area contributed by atoms with Crippen LogP contribution in [0.2, 0.25) is 0 Å². The molecule has 0 saturated heterocycles. The highest BCUT2D eigenvalue weighted by molar-refractivity contribution is 7.18. The van der Waals surface area contributed by atoms with E-state index in [1.54, 1.807) is 11.3 Å². The quantitative estimate of drug-likeness (QED) is 0.769. The Morgan fingerprint density at radius 1 is 1.27 bits per heavy atom. The normalized spacial score (nSPS) is 13.0. The van der Waals surface area contributed by atoms with Gasteiger partial charge < -0.3 is 10.2 Å². The van der Waals surface area contributed by atoms with E-state index >= 15 is 0 Å². The number of carbonyl (C=O) groups is 1. The van der Waals surface area contributed by atoms with Gasteiger partial charge in [0.2, 0.25) is 5.91 Å². The average molecular weight is 368 g/mol. The van der Waals surface area contributed by atoms with E-state index in [9.17, 15) is 9.59 Å². The fourth-order valence-electron chi connectivity index (χ4n) is 3.33. The summed E-state index contributed by atoms with van der Waals surface area (Å²) in [5.74, 6) is -0.238. The SMILES string of the molecule is CN(C)c1ccc(NC(=O)Cn2cnc3sc4c(c3c2=O)CCC4)cc1. The Morgan fingerprint density at radius 3 is 2.77 bits per heavy atom. The number of nitrogens with one attached hydrogen (secondary N) is 1. The highest BCUT2D eigenvalue weighted by Crippen LogP contribution is 2.34. The number of aryl methyl sites for hydroxylation is 2. The highest BCUT2D eigenvalue weighted by Gasteiger charge is 2.21. The molecule has 0 bridgehead atoms. The molecule has 0 spiro atoms. The van der Waals surface area contributed by atoms with Crippen molar-refractivity contribution >= 4 is 38.8 Å². The van der Waals surface area contributed by atoms with E-state index in [-0.39, 0.29) is 18.0 Å². The number of benzene rings is 1. The molecule has 0 radical (unpaired) electrons. The van der Waals surface area contributed by atoms with Crippen LogP contribution in [0.4, 0.5) is 11.4 Å². The lowest BCUT2D eigenvalue weighted by molar-refractivity contribution is -0.116. The van der Waals surface area contributed by atoms with E-state index in [4.69, 9.17) is 0 Å². The largest absolute Gasteiger partial charge is 0.378 e. The number of amides is 1. The van der Waals surface area contributed by atoms with Crippen LogP contribution in [0.3, 0.4) is 0 Å². The van der Waals surface area contributed by atoms with Crippen LogP contribution in [0.5, 0.6) is 0 Å². The number of fused-ring (bicyclic) bond motifs is 3. The number of hydrogen-bond donors (Lipinski definition) is 1. The van der Waals surface area contributed by atoms with Gasteiger partial charge in [-0.15, -0.1) is 11.3 Å². The van der Waals surface area contributed by atoms with E-state index in [0.29, 0.717) is 11.1 Å². The topological polar surface area (TPSA) is 67.2 Å². The van der Waals surface area contributed by atoms with E-state index < -0.39 is 0 Å². The number of thiophene rings is 1. The number of hydrogen-bond acceptors (Lipinski definition) is 5. The van der Waals surface area contributed by atoms with Gasteiger partial charge in [0.1, 0.15) is 11.4 Å². The maximum absolute atomic E-state index is 12.8. The van der Waals surface area contributed by atoms with Crippen LogP contribution in [-0.2, 0) is 24.2 Å². The average Bonchev–Trinajstić information content (AvgIpc) is 3.18. The number of nitrogens with zero attached hydrogens (tertiary/aromatic N) is 3. The van der Waals surface area contributed by atoms with Gasteiger partial charge in [-0.2, -0.15) is 0 Å². The lowest BCUT2D eigenvalue weighted by Gasteiger charge is -2.13. The molecule has 0 aliphatic heterocycles. The van der Waals surface area contributed by atoms with Crippen LogP contribution in [0.1, 0.15) is 16.9 Å². The second kappa shape index (κ2) is 6.57. The Balaban J connectivity index is 1.54. The number of aromatic nitrogens is 2. The van der Waals surface area contributed by atoms with Crippen molar-refractivity contribution in [2.24, 2.45) is 0 Å². The molecular formula is C19H20N4O2S. The molecule has 0 fully saturated rings. The summed E-state index contributed by atoms with van der Waals surface area (Å²) < 4.78 is 1.40. The number of anilines is 2. The first-order valence-corrected chi connectivity index (χ1v) is 9.41. The van der Waals surface area contributed by atoms with Crippen LogP contribution in [0, 0.1) is 0 Å². The number of rotatable bonds is 4. The molecule has 7 heteroatoms. The molecule has 1 aromatic carbocycles. The van der Waals surface area contributed by atoms with Crippen molar-refractivity contribution in [1.82, 2.24) is 9.55 Å². The maximum atomic E-state index is 12.8. The fourth-order valence-corrected chi connectivity index (χ4v) is 4.55. The molecule has 0 atom stereocenters. The van der Waals surface area contributed by atoms with Crippen molar-refractivity contribution in [3.05, 3.63) is 51.4 Å². The minimum absolute atomic E-state index is 0.0399. The Morgan fingerprint density at radius 2 is 2.04 bits per heavy atom. The Labute approximate surface area is 155 Å². The summed E-state index contributed by atoms with van der Waals surface area (Å²) >= 11 is 1.61. The van der Waals surface area contributed by atoms with Crippen LogP contribution in [0.15, 0.2) is 35.4 Å². The van der Waals surface area contributed by atoms with Crippen LogP contribution in [0.25, 0.3) is 10.2 Å². The van der Waals surface area contributed by atoms with Gasteiger partial charge in [0.05, 0.1) is 11.7 Å². The lowest BCUT2D eigenvalue weighted by Crippen LogP contribution is -2.28. The summed E-state index contributed by atoms with van der Waals surface area (Å²) in [7, 11) is 3.93. The molecule has 1 amide bonds. The summed E-state index contributed by atoms with van der Waals surface area (Å²) in [5.41, 5.74) is 2.78. The minimum atomic E-state index is -0.238. The van der Waals surface area contributed by atoms with E-state index in [0.717, 1.165) is 35.3 Å². The van der Waals surface area contributed by atoms with Gasteiger partial charge in [0.25, 0.3) is 5.56 Å². The molecule has 2 aromatic heterocycles. The third-order valence-electron chi connectivity index (χ3n) is 4.67. The zero-order valence-electron chi connectivity index (χ0n) is 14.8. The maximum Gasteiger partial charge on any atom is 0.262 e. The smallest absolute Gasteiger partial charge is 0.262 e. The predicted molar refractivity (Wildman–Crippen MR) is 105 cm³/mol. The van der Waals surface area contributed by atoms with Crippen molar-refractivity contribution in [3.8, 4) is 0 Å². The van der Waals surface area contributed by atoms with Gasteiger partial charge in [-0.3, -0.25) is 14.2 Å². The minimum Gasteiger partial charge on any atom is -0.378 e. The molecule has 3 aromatic rings. The Bertz CT molecular complexity index is 1030. The van der Waals surface area contributed by atoms with Crippen LogP contribution < -0.4 is 15.8 Å². The van der Waals surface area contributed by atoms with Crippen molar-refractivity contribution in [2.75, 3.05) is 24.3 Å². The highest BCUT2D eigenvalue weighted by atomic mass is 32.1. The molecule has 1 aliphatic carbocycles. The lowest BCUT2D eigenvalue weighted by atomic mass is 10.2. The van der Waals surface area contributed by atoms with Crippen LogP contribution in [-0.4, -0.2) is 29.6 Å². The molecule has 6 nitrogen and oxygen atoms in total. The predicted octanol–water partition coefficient (Wildman–Crippen LogP) is 2.65. The molecule has 26 heavy (non-hydrogen) atoms. The van der Waals surface area contributed by atoms with Gasteiger partial charge in [-0.1, -0.05) is 0 Å². The van der Waals surface area contributed by atoms with Gasteiger partial charge in [0.15, 0.2) is 0 Å². The van der Waals surface area contributed by atoms with Gasteiger partial charge >= 0.3 is 0 Å². The summed E-state index contributed by atoms with van der Waals surface area (Å²) in [6, 6.07) is 7.57. The first-order valence-electron chi connectivity index (χ1n) is 8.60. The van der Waals surface area contributed by atoms with E-state index in [2.05, 4.69) is 10.3 Å². The van der Waals surface area contributed by atoms with Gasteiger partial charge in [-0.25, -0.2) is 4.98 Å². The fraction of sp³-hybridized carbons (Fsp3) is 0.316. The molecule has 0 saturated carbocycles. The second-order valence-electron chi connectivity index (χ2n) is 6.70. The third-order valence-corrected chi connectivity index (χ3v) is 5.87. The van der Waals surface area contributed by atoms with Gasteiger partial charge in [-0.05, 0) is 49.1 Å². The molecule has 0 unspecified atom stereocenters. The van der Waals surface area contributed by atoms with Gasteiger partial charge in [0, 0.05) is 30.3 Å². The molecular weight excluding hydrogens is 348 g/mol. The third kappa shape index (κ3) is 2.99. The molecule has 2 heterocycles. The van der Waals surface area contributed by atoms with E-state index in [1.807, 2.05) is 43.3 Å². The first-order chi connectivity index (χ1) is 12.5. The molecule has 1 aliphatic rings. The van der Waals surface area contributed by atoms with Crippen molar-refractivity contribution in [3.63, 3.8) is 0 Å². The van der Waals surface area contributed by atoms with E-state index in [1.165, 1.54) is 15.8 Å². The zero-order valence-corrected chi connectivity index (χ0v) is 15.6. The van der Waals surface area contributed by atoms with Crippen molar-refractivity contribution in [1.29, 1.82) is 0 Å².